The molecule has 2 heterocycles. The van der Waals surface area contributed by atoms with Crippen LogP contribution in [0.5, 0.6) is 0 Å². The number of hydroxylamine groups is 4. The molecule has 0 N–H and O–H groups in total. The van der Waals surface area contributed by atoms with Gasteiger partial charge in [0.15, 0.2) is 0 Å². The van der Waals surface area contributed by atoms with Crippen molar-refractivity contribution < 1.29 is 103 Å². The highest BCUT2D eigenvalue weighted by molar-refractivity contribution is 6.60. The lowest BCUT2D eigenvalue weighted by atomic mass is 10.3. The van der Waals surface area contributed by atoms with Crippen LogP contribution in [0.1, 0.15) is 114 Å². The number of rotatable bonds is 38. The molecule has 2 aliphatic rings. The smallest absolute Gasteiger partial charge is 0.463 e. The van der Waals surface area contributed by atoms with E-state index in [1.807, 2.05) is 41.5 Å². The van der Waals surface area contributed by atoms with Gasteiger partial charge < -0.3 is 64.7 Å². The lowest BCUT2D eigenvalue weighted by Crippen LogP contribution is -2.46. The zero-order chi connectivity index (χ0) is 50.8. The minimum Gasteiger partial charge on any atom is -0.463 e. The quantitative estimate of drug-likeness (QED) is 0.0281. The van der Waals surface area contributed by atoms with Crippen LogP contribution in [0.2, 0.25) is 6.04 Å². The molecule has 0 aromatic heterocycles. The van der Waals surface area contributed by atoms with Gasteiger partial charge in [-0.3, -0.25) is 28.8 Å². The molecule has 0 aliphatic carbocycles. The summed E-state index contributed by atoms with van der Waals surface area (Å²) in [6, 6.07) is 0.678. The average Bonchev–Trinajstić information content (AvgIpc) is 3.80. The van der Waals surface area contributed by atoms with Gasteiger partial charge in [-0.15, -0.1) is 16.7 Å². The van der Waals surface area contributed by atoms with E-state index in [0.717, 1.165) is 6.42 Å². The van der Waals surface area contributed by atoms with Crippen LogP contribution in [-0.4, -0.2) is 182 Å². The molecular weight excluding hydrogens is 965 g/mol. The summed E-state index contributed by atoms with van der Waals surface area (Å²) in [6.07, 6.45) is 1.41. The molecule has 0 saturated carbocycles. The molecule has 24 nitrogen and oxygen atoms in total. The second kappa shape index (κ2) is 46.0. The van der Waals surface area contributed by atoms with Crippen molar-refractivity contribution in [3.8, 4) is 0 Å². The van der Waals surface area contributed by atoms with Gasteiger partial charge in [-0.2, -0.15) is 0 Å². The first-order valence-electron chi connectivity index (χ1n) is 22.9. The number of carbonyl (C=O) groups excluding carboxylic acids is 8. The fourth-order valence-corrected chi connectivity index (χ4v) is 8.93. The molecule has 0 radical (unpaired) electrons. The maximum Gasteiger partial charge on any atom is 0.501 e. The van der Waals surface area contributed by atoms with Crippen molar-refractivity contribution in [3.63, 3.8) is 0 Å². The zero-order valence-electron chi connectivity index (χ0n) is 40.6. The molecule has 0 atom stereocenters. The third-order valence-electron chi connectivity index (χ3n) is 8.20. The Bertz CT molecular complexity index is 1410. The number of carbonyl (C=O) groups is 8. The van der Waals surface area contributed by atoms with Crippen LogP contribution in [0.4, 0.5) is 0 Å². The molecule has 26 heteroatoms. The van der Waals surface area contributed by atoms with E-state index in [1.165, 1.54) is 0 Å². The first kappa shape index (κ1) is 70.2. The predicted molar refractivity (Wildman–Crippen MR) is 254 cm³/mol. The van der Waals surface area contributed by atoms with E-state index in [2.05, 4.69) is 16.3 Å². The van der Waals surface area contributed by atoms with E-state index < -0.39 is 65.8 Å². The van der Waals surface area contributed by atoms with Gasteiger partial charge in [-0.05, 0) is 48.0 Å². The summed E-state index contributed by atoms with van der Waals surface area (Å²) in [6.45, 7) is 21.7. The van der Waals surface area contributed by atoms with Gasteiger partial charge >= 0.3 is 42.2 Å². The number of amides is 4. The van der Waals surface area contributed by atoms with E-state index in [9.17, 15) is 38.4 Å². The lowest BCUT2D eigenvalue weighted by molar-refractivity contribution is -0.197. The molecule has 70 heavy (non-hydrogen) atoms. The lowest BCUT2D eigenvalue weighted by Gasteiger charge is -2.28. The second-order valence-electron chi connectivity index (χ2n) is 13.5. The third kappa shape index (κ3) is 35.1. The summed E-state index contributed by atoms with van der Waals surface area (Å²) < 4.78 is 64.0. The minimum absolute atomic E-state index is 0. The number of esters is 2. The van der Waals surface area contributed by atoms with Crippen molar-refractivity contribution in [1.29, 1.82) is 0 Å². The van der Waals surface area contributed by atoms with Crippen LogP contribution in [0.3, 0.4) is 0 Å². The largest absolute Gasteiger partial charge is 0.501 e. The van der Waals surface area contributed by atoms with E-state index in [1.54, 1.807) is 6.08 Å². The van der Waals surface area contributed by atoms with Crippen LogP contribution in [0.25, 0.3) is 0 Å². The Morgan fingerprint density at radius 1 is 0.500 bits per heavy atom. The first-order valence-corrected chi connectivity index (χ1v) is 26.2. The van der Waals surface area contributed by atoms with Crippen molar-refractivity contribution in [2.24, 2.45) is 0 Å². The van der Waals surface area contributed by atoms with E-state index >= 15 is 0 Å². The standard InChI is InChI=1S/C21H37NO11Si.C15H21NO8.C6H16O3Si.2CH4/c1-4-30-34(31-5-2,32-6-3)17-7-12-27-13-14-28-15-16-29-20(25)10-11-21(26)33-22-18(23)8-9-19(22)24;1-2-7-21-8-9-22-10-11-23-14(19)5-6-15(20)24-16-12(17)3-4-13(16)18;1-4-7-10(8-5-2)9-6-3;;/h4-17H2,1-3H3;2H,1,3-11H2;10H,4-6H2,1-3H3;2*1H4. The average molecular weight is 1050 g/mol. The summed E-state index contributed by atoms with van der Waals surface area (Å²) in [7, 11) is -4.38. The minimum atomic E-state index is -2.64. The Labute approximate surface area is 416 Å². The molecule has 0 aromatic carbocycles. The van der Waals surface area contributed by atoms with Crippen LogP contribution in [0.15, 0.2) is 12.7 Å². The van der Waals surface area contributed by atoms with Crippen LogP contribution in [0, 0.1) is 0 Å². The number of ether oxygens (including phenoxy) is 6. The number of hydrogen-bond acceptors (Lipinski definition) is 22. The predicted octanol–water partition coefficient (Wildman–Crippen LogP) is 3.61. The summed E-state index contributed by atoms with van der Waals surface area (Å²) in [5.41, 5.74) is 0. The molecule has 4 amide bonds. The van der Waals surface area contributed by atoms with Crippen molar-refractivity contribution in [2.45, 2.75) is 120 Å². The topological polar surface area (TPSA) is 272 Å². The highest BCUT2D eigenvalue weighted by Crippen LogP contribution is 2.18. The van der Waals surface area contributed by atoms with Crippen molar-refractivity contribution in [1.82, 2.24) is 10.1 Å². The number of hydrogen-bond donors (Lipinski definition) is 0. The van der Waals surface area contributed by atoms with Crippen molar-refractivity contribution >= 4 is 65.8 Å². The van der Waals surface area contributed by atoms with Crippen LogP contribution < -0.4 is 0 Å². The maximum atomic E-state index is 11.7. The fraction of sp³-hybridized carbons (Fsp3) is 0.773. The van der Waals surface area contributed by atoms with Crippen molar-refractivity contribution in [3.05, 3.63) is 12.7 Å². The van der Waals surface area contributed by atoms with E-state index in [-0.39, 0.29) is 92.6 Å². The summed E-state index contributed by atoms with van der Waals surface area (Å²) in [4.78, 5) is 101. The van der Waals surface area contributed by atoms with E-state index in [0.29, 0.717) is 95.5 Å². The zero-order valence-corrected chi connectivity index (χ0v) is 42.8. The summed E-state index contributed by atoms with van der Waals surface area (Å²) in [5.74, 6) is -5.17. The van der Waals surface area contributed by atoms with Gasteiger partial charge in [0.2, 0.25) is 0 Å². The van der Waals surface area contributed by atoms with Gasteiger partial charge in [0, 0.05) is 78.0 Å². The monoisotopic (exact) mass is 1050 g/mol. The third-order valence-corrected chi connectivity index (χ3v) is 13.2. The Balaban J connectivity index is -0.00000108. The maximum absolute atomic E-state index is 11.7. The molecule has 408 valence electrons. The van der Waals surface area contributed by atoms with Gasteiger partial charge in [0.25, 0.3) is 23.6 Å². The fourth-order valence-electron chi connectivity index (χ4n) is 5.25. The number of imide groups is 2. The Morgan fingerprint density at radius 2 is 0.829 bits per heavy atom. The van der Waals surface area contributed by atoms with Crippen LogP contribution >= 0.6 is 0 Å². The molecule has 2 fully saturated rings. The Hall–Kier alpha value is -4.07. The van der Waals surface area contributed by atoms with Crippen molar-refractivity contribution in [2.75, 3.05) is 106 Å². The molecule has 0 aromatic rings. The Kier molecular flexibility index (Phi) is 46.2. The van der Waals surface area contributed by atoms with Gasteiger partial charge in [0.05, 0.1) is 71.9 Å². The van der Waals surface area contributed by atoms with Gasteiger partial charge in [-0.25, -0.2) is 9.59 Å². The molecule has 0 bridgehead atoms. The SMILES string of the molecule is C.C.C=CCOCCOCCOC(=O)CCC(=O)ON1C(=O)CCC1=O.CCO[SiH](OCC)OCC.CCO[Si](CCCOCCOCCOC(=O)CCC(=O)ON1C(=O)CCC1=O)(OCC)OCC. The molecule has 0 spiro atoms. The Morgan fingerprint density at radius 3 is 1.17 bits per heavy atom. The second-order valence-corrected chi connectivity index (χ2v) is 17.8. The van der Waals surface area contributed by atoms with Gasteiger partial charge in [-0.1, -0.05) is 20.9 Å². The summed E-state index contributed by atoms with van der Waals surface area (Å²) in [5, 5.41) is 0.884. The molecule has 0 unspecified atom stereocenters. The highest BCUT2D eigenvalue weighted by Gasteiger charge is 2.39. The van der Waals surface area contributed by atoms with Gasteiger partial charge in [0.1, 0.15) is 13.2 Å². The number of nitrogens with zero attached hydrogens (tertiary/aromatic N) is 2. The molecule has 2 rings (SSSR count). The molecule has 2 saturated heterocycles. The molecule has 2 aliphatic heterocycles. The first-order chi connectivity index (χ1) is 32.8. The highest BCUT2D eigenvalue weighted by atomic mass is 28.4. The molecular formula is C44H82N2O22Si2. The summed E-state index contributed by atoms with van der Waals surface area (Å²) >= 11 is 0. The normalized spacial score (nSPS) is 13.1. The van der Waals surface area contributed by atoms with E-state index in [4.69, 9.17) is 55.0 Å². The van der Waals surface area contributed by atoms with Crippen LogP contribution in [-0.2, 0) is 103 Å².